The van der Waals surface area contributed by atoms with Crippen molar-refractivity contribution in [3.8, 4) is 6.07 Å². The van der Waals surface area contributed by atoms with E-state index >= 15 is 0 Å². The van der Waals surface area contributed by atoms with Crippen LogP contribution in [0.1, 0.15) is 37.7 Å². The lowest BCUT2D eigenvalue weighted by Crippen LogP contribution is -2.15. The predicted molar refractivity (Wildman–Crippen MR) is 91.6 cm³/mol. The van der Waals surface area contributed by atoms with Crippen LogP contribution < -0.4 is 0 Å². The molecule has 0 aliphatic heterocycles. The molecule has 1 heterocycles. The van der Waals surface area contributed by atoms with Crippen LogP contribution in [0.5, 0.6) is 0 Å². The van der Waals surface area contributed by atoms with Crippen LogP contribution in [-0.2, 0) is 16.0 Å². The SMILES string of the molecule is COCCn1c(C)cc(C(=O)COC(=O)c2cccc(C#N)c2)c1C. The molecule has 0 unspecified atom stereocenters. The van der Waals surface area contributed by atoms with Gasteiger partial charge in [-0.05, 0) is 38.1 Å². The Balaban J connectivity index is 2.05. The number of hydrogen-bond donors (Lipinski definition) is 0. The van der Waals surface area contributed by atoms with E-state index in [1.165, 1.54) is 6.07 Å². The van der Waals surface area contributed by atoms with Gasteiger partial charge in [0.25, 0.3) is 0 Å². The van der Waals surface area contributed by atoms with E-state index in [9.17, 15) is 9.59 Å². The van der Waals surface area contributed by atoms with Gasteiger partial charge in [-0.25, -0.2) is 4.79 Å². The van der Waals surface area contributed by atoms with E-state index in [0.29, 0.717) is 24.3 Å². The zero-order chi connectivity index (χ0) is 18.4. The first kappa shape index (κ1) is 18.4. The molecule has 0 amide bonds. The van der Waals surface area contributed by atoms with Crippen molar-refractivity contribution >= 4 is 11.8 Å². The summed E-state index contributed by atoms with van der Waals surface area (Å²) in [7, 11) is 1.63. The number of nitrogens with zero attached hydrogens (tertiary/aromatic N) is 2. The van der Waals surface area contributed by atoms with Gasteiger partial charge < -0.3 is 14.0 Å². The van der Waals surface area contributed by atoms with Crippen molar-refractivity contribution in [2.24, 2.45) is 0 Å². The Hall–Kier alpha value is -2.91. The van der Waals surface area contributed by atoms with E-state index < -0.39 is 5.97 Å². The lowest BCUT2D eigenvalue weighted by Gasteiger charge is -2.09. The third kappa shape index (κ3) is 4.34. The van der Waals surface area contributed by atoms with Gasteiger partial charge >= 0.3 is 5.97 Å². The second-order valence-electron chi connectivity index (χ2n) is 5.62. The molecule has 0 N–H and O–H groups in total. The van der Waals surface area contributed by atoms with Gasteiger partial charge in [-0.2, -0.15) is 5.26 Å². The highest BCUT2D eigenvalue weighted by molar-refractivity contribution is 6.00. The molecule has 1 aromatic heterocycles. The number of ketones is 1. The Morgan fingerprint density at radius 1 is 1.24 bits per heavy atom. The molecule has 6 heteroatoms. The topological polar surface area (TPSA) is 81.3 Å². The largest absolute Gasteiger partial charge is 0.454 e. The monoisotopic (exact) mass is 340 g/mol. The summed E-state index contributed by atoms with van der Waals surface area (Å²) in [5.74, 6) is -0.889. The molecule has 0 spiro atoms. The second kappa shape index (κ2) is 8.27. The highest BCUT2D eigenvalue weighted by Crippen LogP contribution is 2.16. The average molecular weight is 340 g/mol. The molecule has 0 aliphatic carbocycles. The van der Waals surface area contributed by atoms with Crippen LogP contribution in [0.2, 0.25) is 0 Å². The zero-order valence-corrected chi connectivity index (χ0v) is 14.5. The van der Waals surface area contributed by atoms with Gasteiger partial charge in [0.2, 0.25) is 5.78 Å². The number of nitriles is 1. The molecule has 130 valence electrons. The molecule has 0 saturated heterocycles. The molecular weight excluding hydrogens is 320 g/mol. The van der Waals surface area contributed by atoms with Gasteiger partial charge in [0, 0.05) is 30.6 Å². The van der Waals surface area contributed by atoms with Crippen molar-refractivity contribution in [1.82, 2.24) is 4.57 Å². The first-order chi connectivity index (χ1) is 12.0. The molecule has 0 aliphatic rings. The smallest absolute Gasteiger partial charge is 0.338 e. The van der Waals surface area contributed by atoms with E-state index in [1.54, 1.807) is 31.4 Å². The lowest BCUT2D eigenvalue weighted by molar-refractivity contribution is 0.0474. The molecule has 0 bridgehead atoms. The summed E-state index contributed by atoms with van der Waals surface area (Å²) in [4.78, 5) is 24.4. The number of methoxy groups -OCH3 is 1. The third-order valence-corrected chi connectivity index (χ3v) is 3.95. The van der Waals surface area contributed by atoms with Crippen molar-refractivity contribution in [1.29, 1.82) is 5.26 Å². The van der Waals surface area contributed by atoms with E-state index in [2.05, 4.69) is 0 Å². The second-order valence-corrected chi connectivity index (χ2v) is 5.62. The average Bonchev–Trinajstić information content (AvgIpc) is 2.91. The quantitative estimate of drug-likeness (QED) is 0.572. The summed E-state index contributed by atoms with van der Waals surface area (Å²) in [5, 5.41) is 8.86. The van der Waals surface area contributed by atoms with Crippen molar-refractivity contribution in [3.63, 3.8) is 0 Å². The minimum atomic E-state index is -0.626. The minimum absolute atomic E-state index is 0.248. The highest BCUT2D eigenvalue weighted by Gasteiger charge is 2.18. The van der Waals surface area contributed by atoms with Gasteiger partial charge in [0.1, 0.15) is 0 Å². The molecule has 0 atom stereocenters. The lowest BCUT2D eigenvalue weighted by atomic mass is 10.1. The number of esters is 1. The number of carbonyl (C=O) groups is 2. The van der Waals surface area contributed by atoms with Crippen molar-refractivity contribution in [3.05, 3.63) is 58.4 Å². The normalized spacial score (nSPS) is 10.3. The first-order valence-electron chi connectivity index (χ1n) is 7.84. The fourth-order valence-corrected chi connectivity index (χ4v) is 2.62. The number of benzene rings is 1. The highest BCUT2D eigenvalue weighted by atomic mass is 16.5. The van der Waals surface area contributed by atoms with E-state index in [0.717, 1.165) is 11.4 Å². The standard InChI is InChI=1S/C19H20N2O4/c1-13-9-17(14(2)21(13)7-8-24-3)18(22)12-25-19(23)16-6-4-5-15(10-16)11-20/h4-6,9-10H,7-8,12H2,1-3H3. The Labute approximate surface area is 146 Å². The van der Waals surface area contributed by atoms with E-state index in [-0.39, 0.29) is 18.0 Å². The van der Waals surface area contributed by atoms with Crippen molar-refractivity contribution in [2.75, 3.05) is 20.3 Å². The number of Topliss-reactive ketones (excluding diaryl/α,β-unsaturated/α-hetero) is 1. The van der Waals surface area contributed by atoms with Gasteiger partial charge in [-0.15, -0.1) is 0 Å². The summed E-state index contributed by atoms with van der Waals surface area (Å²) < 4.78 is 12.2. The number of carbonyl (C=O) groups excluding carboxylic acids is 2. The molecule has 2 rings (SSSR count). The number of aryl methyl sites for hydroxylation is 1. The summed E-state index contributed by atoms with van der Waals surface area (Å²) in [6, 6.07) is 9.92. The maximum Gasteiger partial charge on any atom is 0.338 e. The number of aromatic nitrogens is 1. The van der Waals surface area contributed by atoms with Crippen molar-refractivity contribution < 1.29 is 19.1 Å². The zero-order valence-electron chi connectivity index (χ0n) is 14.5. The fourth-order valence-electron chi connectivity index (χ4n) is 2.62. The number of hydrogen-bond acceptors (Lipinski definition) is 5. The molecule has 1 aromatic carbocycles. The van der Waals surface area contributed by atoms with Gasteiger partial charge in [0.15, 0.2) is 6.61 Å². The van der Waals surface area contributed by atoms with E-state index in [1.807, 2.05) is 24.5 Å². The predicted octanol–water partition coefficient (Wildman–Crippen LogP) is 2.66. The summed E-state index contributed by atoms with van der Waals surface area (Å²) in [5.41, 5.74) is 2.92. The third-order valence-electron chi connectivity index (χ3n) is 3.95. The number of rotatable bonds is 7. The molecule has 25 heavy (non-hydrogen) atoms. The number of ether oxygens (including phenoxy) is 2. The van der Waals surface area contributed by atoms with Crippen LogP contribution >= 0.6 is 0 Å². The van der Waals surface area contributed by atoms with Crippen molar-refractivity contribution in [2.45, 2.75) is 20.4 Å². The van der Waals surface area contributed by atoms with Gasteiger partial charge in [-0.1, -0.05) is 6.07 Å². The Kier molecular flexibility index (Phi) is 6.09. The van der Waals surface area contributed by atoms with E-state index in [4.69, 9.17) is 14.7 Å². The fraction of sp³-hybridized carbons (Fsp3) is 0.316. The summed E-state index contributed by atoms with van der Waals surface area (Å²) in [6.07, 6.45) is 0. The molecule has 2 aromatic rings. The molecule has 0 fully saturated rings. The maximum absolute atomic E-state index is 12.4. The Morgan fingerprint density at radius 2 is 2.00 bits per heavy atom. The molecule has 6 nitrogen and oxygen atoms in total. The van der Waals surface area contributed by atoms with Crippen LogP contribution in [0.25, 0.3) is 0 Å². The Bertz CT molecular complexity index is 830. The van der Waals surface area contributed by atoms with Gasteiger partial charge in [0.05, 0.1) is 23.8 Å². The first-order valence-corrected chi connectivity index (χ1v) is 7.84. The van der Waals surface area contributed by atoms with Crippen LogP contribution in [0, 0.1) is 25.2 Å². The van der Waals surface area contributed by atoms with Crippen LogP contribution in [0.4, 0.5) is 0 Å². The van der Waals surface area contributed by atoms with Crippen LogP contribution in [-0.4, -0.2) is 36.6 Å². The summed E-state index contributed by atoms with van der Waals surface area (Å²) in [6.45, 7) is 4.63. The Morgan fingerprint density at radius 3 is 2.68 bits per heavy atom. The molecule has 0 saturated carbocycles. The molecule has 0 radical (unpaired) electrons. The summed E-state index contributed by atoms with van der Waals surface area (Å²) >= 11 is 0. The molecular formula is C19H20N2O4. The maximum atomic E-state index is 12.4. The minimum Gasteiger partial charge on any atom is -0.454 e. The van der Waals surface area contributed by atoms with Crippen LogP contribution in [0.15, 0.2) is 30.3 Å². The van der Waals surface area contributed by atoms with Crippen LogP contribution in [0.3, 0.4) is 0 Å². The van der Waals surface area contributed by atoms with Gasteiger partial charge in [-0.3, -0.25) is 4.79 Å².